The molecule has 1 aliphatic heterocycles. The molecule has 0 N–H and O–H groups in total. The van der Waals surface area contributed by atoms with Gasteiger partial charge in [-0.15, -0.1) is 11.3 Å². The van der Waals surface area contributed by atoms with Gasteiger partial charge in [-0.05, 0) is 58.4 Å². The molecule has 0 atom stereocenters. The zero-order valence-electron chi connectivity index (χ0n) is 16.7. The Hall–Kier alpha value is -1.24. The second-order valence-corrected chi connectivity index (χ2v) is 8.52. The first-order valence-corrected chi connectivity index (χ1v) is 10.8. The van der Waals surface area contributed by atoms with Gasteiger partial charge in [-0.3, -0.25) is 14.3 Å². The summed E-state index contributed by atoms with van der Waals surface area (Å²) >= 11 is 1.65. The van der Waals surface area contributed by atoms with Crippen LogP contribution in [0.4, 0.5) is 0 Å². The number of hydrogen-bond donors (Lipinski definition) is 0. The quantitative estimate of drug-likeness (QED) is 0.743. The van der Waals surface area contributed by atoms with Gasteiger partial charge in [0.1, 0.15) is 10.7 Å². The highest BCUT2D eigenvalue weighted by Crippen LogP contribution is 2.26. The number of fused-ring (bicyclic) bond motifs is 1. The molecule has 1 aliphatic rings. The molecule has 0 radical (unpaired) electrons. The highest BCUT2D eigenvalue weighted by molar-refractivity contribution is 7.18. The predicted molar refractivity (Wildman–Crippen MR) is 110 cm³/mol. The van der Waals surface area contributed by atoms with Crippen LogP contribution in [0, 0.1) is 13.8 Å². The van der Waals surface area contributed by atoms with E-state index in [9.17, 15) is 4.79 Å². The minimum Gasteiger partial charge on any atom is -0.302 e. The Balaban J connectivity index is 1.96. The Morgan fingerprint density at radius 3 is 2.42 bits per heavy atom. The molecule has 1 fully saturated rings. The van der Waals surface area contributed by atoms with Crippen molar-refractivity contribution in [2.24, 2.45) is 0 Å². The monoisotopic (exact) mass is 376 g/mol. The van der Waals surface area contributed by atoms with Gasteiger partial charge in [0.2, 0.25) is 0 Å². The van der Waals surface area contributed by atoms with E-state index in [1.165, 1.54) is 24.1 Å². The van der Waals surface area contributed by atoms with Crippen LogP contribution < -0.4 is 5.56 Å². The third-order valence-electron chi connectivity index (χ3n) is 5.72. The Kier molecular flexibility index (Phi) is 6.48. The predicted octanol–water partition coefficient (Wildman–Crippen LogP) is 3.40. The van der Waals surface area contributed by atoms with Gasteiger partial charge in [0.15, 0.2) is 0 Å². The third kappa shape index (κ3) is 4.02. The van der Waals surface area contributed by atoms with Gasteiger partial charge >= 0.3 is 0 Å². The molecule has 0 aliphatic carbocycles. The van der Waals surface area contributed by atoms with Crippen molar-refractivity contribution in [1.29, 1.82) is 0 Å². The van der Waals surface area contributed by atoms with Gasteiger partial charge in [-0.2, -0.15) is 0 Å². The van der Waals surface area contributed by atoms with Crippen molar-refractivity contribution >= 4 is 21.6 Å². The van der Waals surface area contributed by atoms with Crippen LogP contribution in [-0.4, -0.2) is 52.1 Å². The minimum atomic E-state index is 0.149. The Labute approximate surface area is 160 Å². The Morgan fingerprint density at radius 2 is 1.77 bits per heavy atom. The number of hydrogen-bond acceptors (Lipinski definition) is 5. The molecule has 2 aromatic rings. The van der Waals surface area contributed by atoms with E-state index in [0.717, 1.165) is 67.4 Å². The fourth-order valence-electron chi connectivity index (χ4n) is 3.79. The summed E-state index contributed by atoms with van der Waals surface area (Å²) in [6.45, 7) is 15.2. The molecule has 2 aromatic heterocycles. The summed E-state index contributed by atoms with van der Waals surface area (Å²) < 4.78 is 1.95. The lowest BCUT2D eigenvalue weighted by Gasteiger charge is -2.27. The van der Waals surface area contributed by atoms with Crippen LogP contribution in [0.15, 0.2) is 4.79 Å². The summed E-state index contributed by atoms with van der Waals surface area (Å²) in [5, 5.41) is 0.828. The fraction of sp³-hybridized carbons (Fsp3) is 0.700. The molecule has 0 saturated carbocycles. The summed E-state index contributed by atoms with van der Waals surface area (Å²) in [7, 11) is 0. The molecule has 3 rings (SSSR count). The number of thiophene rings is 1. The third-order valence-corrected chi connectivity index (χ3v) is 6.82. The fourth-order valence-corrected chi connectivity index (χ4v) is 4.83. The molecule has 5 nitrogen and oxygen atoms in total. The molecule has 0 spiro atoms. The van der Waals surface area contributed by atoms with Crippen molar-refractivity contribution in [3.8, 4) is 0 Å². The van der Waals surface area contributed by atoms with Crippen LogP contribution >= 0.6 is 11.3 Å². The highest BCUT2D eigenvalue weighted by atomic mass is 32.1. The van der Waals surface area contributed by atoms with Gasteiger partial charge in [0.25, 0.3) is 5.56 Å². The van der Waals surface area contributed by atoms with Gasteiger partial charge in [0, 0.05) is 18.0 Å². The van der Waals surface area contributed by atoms with E-state index in [4.69, 9.17) is 4.98 Å². The number of likely N-dealkylation sites (tertiary alicyclic amines) is 1. The van der Waals surface area contributed by atoms with E-state index < -0.39 is 0 Å². The lowest BCUT2D eigenvalue weighted by molar-refractivity contribution is 0.216. The van der Waals surface area contributed by atoms with E-state index in [0.29, 0.717) is 0 Å². The lowest BCUT2D eigenvalue weighted by Crippen LogP contribution is -2.37. The van der Waals surface area contributed by atoms with E-state index in [1.807, 2.05) is 4.57 Å². The molecule has 0 bridgehead atoms. The zero-order chi connectivity index (χ0) is 18.7. The van der Waals surface area contributed by atoms with Crippen LogP contribution in [0.25, 0.3) is 10.2 Å². The number of aryl methyl sites for hydroxylation is 2. The summed E-state index contributed by atoms with van der Waals surface area (Å²) in [6, 6.07) is 0. The van der Waals surface area contributed by atoms with Crippen LogP contribution in [0.1, 0.15) is 49.4 Å². The van der Waals surface area contributed by atoms with Crippen molar-refractivity contribution in [1.82, 2.24) is 19.4 Å². The molecule has 26 heavy (non-hydrogen) atoms. The first kappa shape index (κ1) is 19.5. The molecule has 0 unspecified atom stereocenters. The average Bonchev–Trinajstić information content (AvgIpc) is 2.94. The van der Waals surface area contributed by atoms with E-state index >= 15 is 0 Å². The smallest absolute Gasteiger partial charge is 0.262 e. The van der Waals surface area contributed by atoms with E-state index in [2.05, 4.69) is 37.5 Å². The van der Waals surface area contributed by atoms with Crippen LogP contribution in [0.3, 0.4) is 0 Å². The van der Waals surface area contributed by atoms with Crippen LogP contribution in [0.5, 0.6) is 0 Å². The van der Waals surface area contributed by atoms with Crippen molar-refractivity contribution in [3.63, 3.8) is 0 Å². The Morgan fingerprint density at radius 1 is 1.08 bits per heavy atom. The average molecular weight is 377 g/mol. The van der Waals surface area contributed by atoms with E-state index in [-0.39, 0.29) is 5.56 Å². The number of rotatable bonds is 7. The molecular formula is C20H32N4OS. The van der Waals surface area contributed by atoms with Crippen molar-refractivity contribution < 1.29 is 0 Å². The second kappa shape index (κ2) is 8.63. The molecule has 6 heteroatoms. The normalized spacial score (nSPS) is 16.0. The van der Waals surface area contributed by atoms with Gasteiger partial charge < -0.3 is 4.90 Å². The van der Waals surface area contributed by atoms with Crippen LogP contribution in [0.2, 0.25) is 0 Å². The van der Waals surface area contributed by atoms with Crippen molar-refractivity contribution in [3.05, 3.63) is 26.6 Å². The van der Waals surface area contributed by atoms with Crippen LogP contribution in [-0.2, 0) is 13.1 Å². The van der Waals surface area contributed by atoms with E-state index in [1.54, 1.807) is 11.3 Å². The molecule has 144 valence electrons. The second-order valence-electron chi connectivity index (χ2n) is 7.31. The standard InChI is InChI=1S/C20H32N4OS/c1-5-22(6-2)14-17-21-19-18(15(3)16(4)26-19)20(25)24(17)13-12-23-10-8-7-9-11-23/h5-14H2,1-4H3. The van der Waals surface area contributed by atoms with Crippen molar-refractivity contribution in [2.75, 3.05) is 32.7 Å². The largest absolute Gasteiger partial charge is 0.302 e. The van der Waals surface area contributed by atoms with Gasteiger partial charge in [-0.25, -0.2) is 4.98 Å². The molecular weight excluding hydrogens is 344 g/mol. The highest BCUT2D eigenvalue weighted by Gasteiger charge is 2.18. The first-order valence-electron chi connectivity index (χ1n) is 9.99. The molecule has 0 amide bonds. The SMILES string of the molecule is CCN(CC)Cc1nc2sc(C)c(C)c2c(=O)n1CCN1CCCCC1. The first-order chi connectivity index (χ1) is 12.5. The van der Waals surface area contributed by atoms with Gasteiger partial charge in [-0.1, -0.05) is 20.3 Å². The summed E-state index contributed by atoms with van der Waals surface area (Å²) in [4.78, 5) is 25.2. The number of piperidine rings is 1. The summed E-state index contributed by atoms with van der Waals surface area (Å²) in [5.74, 6) is 0.921. The molecule has 3 heterocycles. The topological polar surface area (TPSA) is 41.4 Å². The summed E-state index contributed by atoms with van der Waals surface area (Å²) in [5.41, 5.74) is 1.25. The zero-order valence-corrected chi connectivity index (χ0v) is 17.5. The number of aromatic nitrogens is 2. The minimum absolute atomic E-state index is 0.149. The number of nitrogens with zero attached hydrogens (tertiary/aromatic N) is 4. The maximum absolute atomic E-state index is 13.3. The lowest BCUT2D eigenvalue weighted by atomic mass is 10.1. The Bertz CT molecular complexity index is 800. The van der Waals surface area contributed by atoms with Gasteiger partial charge in [0.05, 0.1) is 11.9 Å². The summed E-state index contributed by atoms with van der Waals surface area (Å²) in [6.07, 6.45) is 3.90. The molecule has 1 saturated heterocycles. The van der Waals surface area contributed by atoms with Crippen molar-refractivity contribution in [2.45, 2.75) is 60.0 Å². The molecule has 0 aromatic carbocycles. The maximum Gasteiger partial charge on any atom is 0.262 e. The maximum atomic E-state index is 13.3.